The lowest BCUT2D eigenvalue weighted by molar-refractivity contribution is -0.170. The number of benzene rings is 4. The van der Waals surface area contributed by atoms with E-state index in [2.05, 4.69) is 20.5 Å². The maximum absolute atomic E-state index is 13.8. The summed E-state index contributed by atoms with van der Waals surface area (Å²) in [6.45, 7) is 1.48. The molecule has 5 atom stereocenters. The number of nitrogens with zero attached hydrogens (tertiary/aromatic N) is 1. The van der Waals surface area contributed by atoms with Gasteiger partial charge >= 0.3 is 5.97 Å². The van der Waals surface area contributed by atoms with Crippen molar-refractivity contribution in [3.63, 3.8) is 0 Å². The van der Waals surface area contributed by atoms with Gasteiger partial charge in [0.05, 0.1) is 11.6 Å². The number of aliphatic hydroxyl groups is 2. The summed E-state index contributed by atoms with van der Waals surface area (Å²) < 4.78 is 6.17. The molecule has 6 N–H and O–H groups in total. The molecule has 0 radical (unpaired) electrons. The molecular weight excluding hydrogens is 697 g/mol. The Balaban J connectivity index is 0.864. The molecule has 0 aliphatic heterocycles. The molecular formula is C44H48N4O7. The van der Waals surface area contributed by atoms with Crippen molar-refractivity contribution >= 4 is 28.5 Å². The number of aromatic amines is 1. The Labute approximate surface area is 320 Å². The average molecular weight is 745 g/mol. The number of fused-ring (bicyclic) bond motifs is 3. The second kappa shape index (κ2) is 16.6. The van der Waals surface area contributed by atoms with E-state index in [0.717, 1.165) is 24.8 Å². The van der Waals surface area contributed by atoms with Crippen LogP contribution in [0.2, 0.25) is 0 Å². The first-order chi connectivity index (χ1) is 26.6. The number of nitrogens with one attached hydrogen (secondary N) is 3. The predicted octanol–water partition coefficient (Wildman–Crippen LogP) is 5.01. The number of phenols is 1. The van der Waals surface area contributed by atoms with E-state index in [4.69, 9.17) is 4.74 Å². The number of amides is 1. The van der Waals surface area contributed by atoms with Crippen molar-refractivity contribution in [2.75, 3.05) is 32.0 Å². The van der Waals surface area contributed by atoms with Crippen molar-refractivity contribution in [1.82, 2.24) is 15.2 Å². The number of pyridine rings is 1. The normalized spacial score (nSPS) is 19.8. The number of ether oxygens (including phenoxy) is 1. The lowest BCUT2D eigenvalue weighted by atomic mass is 9.86. The van der Waals surface area contributed by atoms with Gasteiger partial charge in [-0.3, -0.25) is 9.59 Å². The van der Waals surface area contributed by atoms with Crippen LogP contribution in [0.3, 0.4) is 0 Å². The zero-order valence-electron chi connectivity index (χ0n) is 30.9. The minimum atomic E-state index is -1.92. The van der Waals surface area contributed by atoms with E-state index in [9.17, 15) is 29.7 Å². The molecule has 5 aromatic rings. The van der Waals surface area contributed by atoms with Gasteiger partial charge < -0.3 is 40.6 Å². The molecule has 4 unspecified atom stereocenters. The summed E-state index contributed by atoms with van der Waals surface area (Å²) in [4.78, 5) is 43.3. The van der Waals surface area contributed by atoms with Crippen LogP contribution in [0.5, 0.6) is 5.75 Å². The van der Waals surface area contributed by atoms with Crippen LogP contribution in [0, 0.1) is 11.8 Å². The van der Waals surface area contributed by atoms with Gasteiger partial charge in [-0.2, -0.15) is 0 Å². The summed E-state index contributed by atoms with van der Waals surface area (Å²) in [6, 6.07) is 31.9. The van der Waals surface area contributed by atoms with Crippen molar-refractivity contribution in [3.8, 4) is 5.75 Å². The minimum Gasteiger partial charge on any atom is -0.506 e. The van der Waals surface area contributed by atoms with E-state index in [-0.39, 0.29) is 35.3 Å². The first-order valence-corrected chi connectivity index (χ1v) is 19.0. The molecule has 1 aromatic heterocycles. The standard InChI is InChI=1S/C44H48N4O7/c1-48(42-29-14-17-35(42)38(26-29)55-43(53)44(54,30-8-4-2-5-9-30)31-10-6-3-7-11-31)25-23-40(52)46-32-15-12-28(13-16-32)22-24-45-27-37(50)33-18-20-36(49)41-34(33)19-21-39(51)47-41/h2-13,15-16,18-21,29,35,37-38,42,45,49-50,54H,14,17,22-27H2,1H3,(H,46,52)(H,47,51)/t29?,35?,37-,38?,42?/m0/s1. The minimum absolute atomic E-state index is 0.0473. The molecule has 1 heterocycles. The number of phenolic OH excluding ortho intramolecular Hbond substituents is 1. The Morgan fingerprint density at radius 2 is 1.62 bits per heavy atom. The number of H-pyrrole nitrogens is 1. The number of aromatic nitrogens is 1. The molecule has 4 aromatic carbocycles. The second-order valence-electron chi connectivity index (χ2n) is 14.8. The van der Waals surface area contributed by atoms with Crippen LogP contribution in [-0.2, 0) is 26.3 Å². The van der Waals surface area contributed by atoms with E-state index < -0.39 is 17.7 Å². The highest BCUT2D eigenvalue weighted by molar-refractivity contribution is 5.91. The third kappa shape index (κ3) is 8.20. The molecule has 1 amide bonds. The monoisotopic (exact) mass is 744 g/mol. The Hall–Kier alpha value is -5.33. The highest BCUT2D eigenvalue weighted by Gasteiger charge is 2.53. The molecule has 2 saturated carbocycles. The van der Waals surface area contributed by atoms with E-state index in [0.29, 0.717) is 71.7 Å². The zero-order valence-corrected chi connectivity index (χ0v) is 30.9. The molecule has 7 rings (SSSR count). The molecule has 55 heavy (non-hydrogen) atoms. The van der Waals surface area contributed by atoms with Crippen LogP contribution in [0.15, 0.2) is 114 Å². The smallest absolute Gasteiger partial charge is 0.347 e. The second-order valence-corrected chi connectivity index (χ2v) is 14.8. The maximum atomic E-state index is 13.8. The Morgan fingerprint density at radius 1 is 0.927 bits per heavy atom. The molecule has 2 aliphatic carbocycles. The summed E-state index contributed by atoms with van der Waals surface area (Å²) in [5, 5.41) is 39.7. The van der Waals surface area contributed by atoms with Gasteiger partial charge in [0.1, 0.15) is 11.9 Å². The largest absolute Gasteiger partial charge is 0.506 e. The van der Waals surface area contributed by atoms with Crippen LogP contribution in [-0.4, -0.2) is 75.9 Å². The lowest BCUT2D eigenvalue weighted by Gasteiger charge is -2.32. The molecule has 11 heteroatoms. The van der Waals surface area contributed by atoms with Gasteiger partial charge in [0, 0.05) is 48.6 Å². The molecule has 0 spiro atoms. The molecule has 286 valence electrons. The van der Waals surface area contributed by atoms with Crippen LogP contribution < -0.4 is 16.2 Å². The van der Waals surface area contributed by atoms with E-state index in [1.54, 1.807) is 60.7 Å². The SMILES string of the molecule is CN(CCC(=O)Nc1ccc(CCNC[C@H](O)c2ccc(O)c3[nH]c(=O)ccc23)cc1)C1C2CCC1C(OC(=O)C(O)(c1ccccc1)c1ccccc1)C2. The fourth-order valence-corrected chi connectivity index (χ4v) is 8.58. The van der Waals surface area contributed by atoms with Gasteiger partial charge in [-0.05, 0) is 91.7 Å². The number of carbonyl (C=O) groups is 2. The number of hydrogen-bond donors (Lipinski definition) is 6. The number of anilines is 1. The Bertz CT molecular complexity index is 2120. The number of aromatic hydroxyl groups is 1. The van der Waals surface area contributed by atoms with Crippen molar-refractivity contribution < 1.29 is 29.6 Å². The van der Waals surface area contributed by atoms with Gasteiger partial charge in [0.25, 0.3) is 0 Å². The van der Waals surface area contributed by atoms with Gasteiger partial charge in [-0.25, -0.2) is 4.79 Å². The van der Waals surface area contributed by atoms with E-state index in [1.807, 2.05) is 43.4 Å². The van der Waals surface area contributed by atoms with Crippen molar-refractivity contribution in [3.05, 3.63) is 142 Å². The predicted molar refractivity (Wildman–Crippen MR) is 210 cm³/mol. The lowest BCUT2D eigenvalue weighted by Crippen LogP contribution is -2.43. The number of rotatable bonds is 15. The summed E-state index contributed by atoms with van der Waals surface area (Å²) in [5.74, 6) is -0.312. The molecule has 2 aliphatic rings. The average Bonchev–Trinajstić information content (AvgIpc) is 3.78. The third-order valence-electron chi connectivity index (χ3n) is 11.4. The van der Waals surface area contributed by atoms with Crippen LogP contribution in [0.1, 0.15) is 54.0 Å². The summed E-state index contributed by atoms with van der Waals surface area (Å²) in [6.07, 6.45) is 2.60. The fourth-order valence-electron chi connectivity index (χ4n) is 8.58. The number of carbonyl (C=O) groups excluding carboxylic acids is 2. The number of aliphatic hydroxyl groups excluding tert-OH is 1. The topological polar surface area (TPSA) is 164 Å². The van der Waals surface area contributed by atoms with Gasteiger partial charge in [0.2, 0.25) is 17.1 Å². The van der Waals surface area contributed by atoms with Crippen molar-refractivity contribution in [2.45, 2.75) is 56.0 Å². The van der Waals surface area contributed by atoms with Crippen LogP contribution in [0.4, 0.5) is 5.69 Å². The van der Waals surface area contributed by atoms with Gasteiger partial charge in [-0.1, -0.05) is 78.9 Å². The zero-order chi connectivity index (χ0) is 38.5. The maximum Gasteiger partial charge on any atom is 0.347 e. The third-order valence-corrected chi connectivity index (χ3v) is 11.4. The molecule has 2 fully saturated rings. The van der Waals surface area contributed by atoms with Crippen molar-refractivity contribution in [2.24, 2.45) is 11.8 Å². The van der Waals surface area contributed by atoms with Gasteiger partial charge in [-0.15, -0.1) is 0 Å². The summed E-state index contributed by atoms with van der Waals surface area (Å²) in [7, 11) is 2.04. The number of esters is 1. The Kier molecular flexibility index (Phi) is 11.4. The quantitative estimate of drug-likeness (QED) is 0.0639. The number of hydrogen-bond acceptors (Lipinski definition) is 9. The first-order valence-electron chi connectivity index (χ1n) is 19.0. The van der Waals surface area contributed by atoms with E-state index >= 15 is 0 Å². The first kappa shape index (κ1) is 38.0. The summed E-state index contributed by atoms with van der Waals surface area (Å²) in [5.41, 5.74) is 1.40. The van der Waals surface area contributed by atoms with Gasteiger partial charge in [0.15, 0.2) is 0 Å². The Morgan fingerprint density at radius 3 is 2.31 bits per heavy atom. The fraction of sp³-hybridized carbons (Fsp3) is 0.341. The highest BCUT2D eigenvalue weighted by Crippen LogP contribution is 2.49. The molecule has 11 nitrogen and oxygen atoms in total. The summed E-state index contributed by atoms with van der Waals surface area (Å²) >= 11 is 0. The van der Waals surface area contributed by atoms with Crippen LogP contribution >= 0.6 is 0 Å². The van der Waals surface area contributed by atoms with Crippen LogP contribution in [0.25, 0.3) is 10.9 Å². The van der Waals surface area contributed by atoms with E-state index in [1.165, 1.54) is 12.1 Å². The molecule has 0 saturated heterocycles. The highest BCUT2D eigenvalue weighted by atomic mass is 16.6. The molecule has 2 bridgehead atoms. The van der Waals surface area contributed by atoms with Crippen molar-refractivity contribution in [1.29, 1.82) is 0 Å².